The third-order valence-corrected chi connectivity index (χ3v) is 8.48. The number of alkyl halides is 3. The molecule has 1 aromatic heterocycles. The van der Waals surface area contributed by atoms with Crippen LogP contribution >= 0.6 is 0 Å². The van der Waals surface area contributed by atoms with Crippen LogP contribution < -0.4 is 4.90 Å². The first-order valence-electron chi connectivity index (χ1n) is 11.3. The quantitative estimate of drug-likeness (QED) is 0.520. The number of anilines is 1. The fourth-order valence-electron chi connectivity index (χ4n) is 4.88. The molecule has 0 unspecified atom stereocenters. The fourth-order valence-corrected chi connectivity index (χ4v) is 6.30. The summed E-state index contributed by atoms with van der Waals surface area (Å²) in [5, 5.41) is 0.298. The molecule has 0 radical (unpaired) electrons. The zero-order valence-corrected chi connectivity index (χ0v) is 19.9. The van der Waals surface area contributed by atoms with E-state index in [2.05, 4.69) is 9.80 Å². The standard InChI is InChI=1S/C25H26F3N3O2S/c1-29-12-9-17(10-13-29)22-16-31(24-7-5-19(15-21(22)24)25(26,27)28)34(32,33)20-6-8-23-18(14-20)4-3-11-30(23)2/h5-9,14-16H,3-4,10-13H2,1-2H3. The number of likely N-dealkylation sites (N-methyl/N-ethyl adjacent to an activating group) is 1. The molecule has 0 aliphatic carbocycles. The maximum atomic E-state index is 13.7. The molecule has 5 rings (SSSR count). The van der Waals surface area contributed by atoms with E-state index in [4.69, 9.17) is 0 Å². The van der Waals surface area contributed by atoms with Crippen molar-refractivity contribution in [3.63, 3.8) is 0 Å². The normalized spacial score (nSPS) is 17.7. The van der Waals surface area contributed by atoms with Gasteiger partial charge in [0.1, 0.15) is 0 Å². The molecule has 34 heavy (non-hydrogen) atoms. The highest BCUT2D eigenvalue weighted by atomic mass is 32.2. The number of nitrogens with zero attached hydrogens (tertiary/aromatic N) is 3. The van der Waals surface area contributed by atoms with Crippen molar-refractivity contribution in [3.8, 4) is 0 Å². The number of aryl methyl sites for hydroxylation is 1. The first-order valence-corrected chi connectivity index (χ1v) is 12.7. The molecule has 0 saturated heterocycles. The number of hydrogen-bond donors (Lipinski definition) is 0. The van der Waals surface area contributed by atoms with Gasteiger partial charge in [-0.25, -0.2) is 12.4 Å². The Morgan fingerprint density at radius 1 is 0.971 bits per heavy atom. The summed E-state index contributed by atoms with van der Waals surface area (Å²) in [5.41, 5.74) is 2.83. The molecular formula is C25H26F3N3O2S. The molecule has 5 nitrogen and oxygen atoms in total. The Morgan fingerprint density at radius 3 is 2.47 bits per heavy atom. The molecule has 0 spiro atoms. The van der Waals surface area contributed by atoms with Gasteiger partial charge in [-0.3, -0.25) is 0 Å². The van der Waals surface area contributed by atoms with Crippen molar-refractivity contribution in [2.24, 2.45) is 0 Å². The number of fused-ring (bicyclic) bond motifs is 2. The van der Waals surface area contributed by atoms with Crippen molar-refractivity contribution in [3.05, 3.63) is 65.4 Å². The molecule has 0 saturated carbocycles. The second kappa shape index (κ2) is 8.16. The van der Waals surface area contributed by atoms with Gasteiger partial charge in [-0.2, -0.15) is 13.2 Å². The minimum absolute atomic E-state index is 0.141. The second-order valence-electron chi connectivity index (χ2n) is 9.13. The van der Waals surface area contributed by atoms with Gasteiger partial charge in [-0.15, -0.1) is 0 Å². The van der Waals surface area contributed by atoms with Crippen LogP contribution in [0.15, 0.2) is 53.6 Å². The van der Waals surface area contributed by atoms with Gasteiger partial charge in [0.05, 0.1) is 16.0 Å². The van der Waals surface area contributed by atoms with E-state index in [9.17, 15) is 21.6 Å². The smallest absolute Gasteiger partial charge is 0.374 e. The summed E-state index contributed by atoms with van der Waals surface area (Å²) in [6.45, 7) is 2.32. The average Bonchev–Trinajstić information content (AvgIpc) is 3.19. The predicted octanol–water partition coefficient (Wildman–Crippen LogP) is 5.00. The lowest BCUT2D eigenvalue weighted by molar-refractivity contribution is -0.137. The Morgan fingerprint density at radius 2 is 1.76 bits per heavy atom. The van der Waals surface area contributed by atoms with Crippen molar-refractivity contribution in [1.29, 1.82) is 0 Å². The van der Waals surface area contributed by atoms with Gasteiger partial charge in [-0.1, -0.05) is 6.08 Å². The molecule has 3 heterocycles. The monoisotopic (exact) mass is 489 g/mol. The van der Waals surface area contributed by atoms with Gasteiger partial charge in [0.25, 0.3) is 10.0 Å². The lowest BCUT2D eigenvalue weighted by Gasteiger charge is -2.27. The number of halogens is 3. The second-order valence-corrected chi connectivity index (χ2v) is 10.9. The zero-order valence-electron chi connectivity index (χ0n) is 19.1. The highest BCUT2D eigenvalue weighted by molar-refractivity contribution is 7.90. The van der Waals surface area contributed by atoms with E-state index in [0.29, 0.717) is 23.9 Å². The van der Waals surface area contributed by atoms with Gasteiger partial charge in [0, 0.05) is 49.5 Å². The molecule has 9 heteroatoms. The molecule has 0 N–H and O–H groups in total. The lowest BCUT2D eigenvalue weighted by Crippen LogP contribution is -2.25. The molecule has 2 aliphatic heterocycles. The van der Waals surface area contributed by atoms with Crippen molar-refractivity contribution in [2.75, 3.05) is 38.6 Å². The van der Waals surface area contributed by atoms with E-state index >= 15 is 0 Å². The minimum Gasteiger partial charge on any atom is -0.374 e. The zero-order chi connectivity index (χ0) is 24.3. The van der Waals surface area contributed by atoms with Gasteiger partial charge in [-0.05, 0) is 73.8 Å². The average molecular weight is 490 g/mol. The summed E-state index contributed by atoms with van der Waals surface area (Å²) in [4.78, 5) is 4.34. The molecule has 0 atom stereocenters. The van der Waals surface area contributed by atoms with Crippen LogP contribution in [0, 0.1) is 0 Å². The van der Waals surface area contributed by atoms with E-state index in [0.717, 1.165) is 58.9 Å². The van der Waals surface area contributed by atoms with Crippen LogP contribution in [0.1, 0.15) is 29.5 Å². The third kappa shape index (κ3) is 3.90. The molecule has 2 aliphatic rings. The molecule has 0 fully saturated rings. The van der Waals surface area contributed by atoms with Gasteiger partial charge < -0.3 is 9.80 Å². The van der Waals surface area contributed by atoms with E-state index in [1.165, 1.54) is 12.3 Å². The molecule has 2 aromatic carbocycles. The molecule has 0 amide bonds. The Balaban J connectivity index is 1.69. The third-order valence-electron chi connectivity index (χ3n) is 6.81. The largest absolute Gasteiger partial charge is 0.416 e. The van der Waals surface area contributed by atoms with Gasteiger partial charge >= 0.3 is 6.18 Å². The van der Waals surface area contributed by atoms with Crippen LogP contribution in [0.25, 0.3) is 16.5 Å². The van der Waals surface area contributed by atoms with E-state index in [1.54, 1.807) is 12.1 Å². The summed E-state index contributed by atoms with van der Waals surface area (Å²) >= 11 is 0. The van der Waals surface area contributed by atoms with Crippen molar-refractivity contribution in [2.45, 2.75) is 30.3 Å². The lowest BCUT2D eigenvalue weighted by atomic mass is 9.98. The van der Waals surface area contributed by atoms with E-state index < -0.39 is 21.8 Å². The maximum Gasteiger partial charge on any atom is 0.416 e. The molecule has 0 bridgehead atoms. The molecular weight excluding hydrogens is 463 g/mol. The fraction of sp³-hybridized carbons (Fsp3) is 0.360. The number of hydrogen-bond acceptors (Lipinski definition) is 4. The SMILES string of the molecule is CN1CC=C(c2cn(S(=O)(=O)c3ccc4c(c3)CCCN4C)c3ccc(C(F)(F)F)cc23)CC1. The van der Waals surface area contributed by atoms with Gasteiger partial charge in [0.15, 0.2) is 0 Å². The Labute approximate surface area is 197 Å². The summed E-state index contributed by atoms with van der Waals surface area (Å²) in [6.07, 6.45) is 1.30. The first kappa shape index (κ1) is 23.0. The van der Waals surface area contributed by atoms with Crippen molar-refractivity contribution < 1.29 is 21.6 Å². The van der Waals surface area contributed by atoms with Crippen LogP contribution in [-0.4, -0.2) is 51.0 Å². The topological polar surface area (TPSA) is 45.6 Å². The maximum absolute atomic E-state index is 13.7. The number of aromatic nitrogens is 1. The summed E-state index contributed by atoms with van der Waals surface area (Å²) < 4.78 is 69.1. The van der Waals surface area contributed by atoms with Crippen molar-refractivity contribution >= 4 is 32.2 Å². The van der Waals surface area contributed by atoms with Gasteiger partial charge in [0.2, 0.25) is 0 Å². The number of benzene rings is 2. The van der Waals surface area contributed by atoms with Crippen molar-refractivity contribution in [1.82, 2.24) is 8.87 Å². The summed E-state index contributed by atoms with van der Waals surface area (Å²) in [7, 11) is -0.0680. The molecule has 3 aromatic rings. The number of rotatable bonds is 3. The predicted molar refractivity (Wildman–Crippen MR) is 128 cm³/mol. The van der Waals surface area contributed by atoms with Crippen LogP contribution in [0.4, 0.5) is 18.9 Å². The highest BCUT2D eigenvalue weighted by Crippen LogP contribution is 2.38. The first-order chi connectivity index (χ1) is 16.1. The minimum atomic E-state index is -4.52. The molecule has 180 valence electrons. The van der Waals surface area contributed by atoms with Crippen LogP contribution in [-0.2, 0) is 22.6 Å². The van der Waals surface area contributed by atoms with E-state index in [-0.39, 0.29) is 10.4 Å². The summed E-state index contributed by atoms with van der Waals surface area (Å²) in [5.74, 6) is 0. The Kier molecular flexibility index (Phi) is 5.52. The Bertz CT molecular complexity index is 1410. The van der Waals surface area contributed by atoms with Crippen LogP contribution in [0.5, 0.6) is 0 Å². The van der Waals surface area contributed by atoms with Crippen LogP contribution in [0.3, 0.4) is 0 Å². The Hall–Kier alpha value is -2.78. The van der Waals surface area contributed by atoms with Crippen LogP contribution in [0.2, 0.25) is 0 Å². The highest BCUT2D eigenvalue weighted by Gasteiger charge is 2.32. The summed E-state index contributed by atoms with van der Waals surface area (Å²) in [6, 6.07) is 8.38. The van der Waals surface area contributed by atoms with E-state index in [1.807, 2.05) is 26.2 Å².